The van der Waals surface area contributed by atoms with E-state index in [0.29, 0.717) is 5.41 Å². The number of rotatable bonds is 5. The largest absolute Gasteiger partial charge is 0.373 e. The van der Waals surface area contributed by atoms with Crippen molar-refractivity contribution in [2.24, 2.45) is 5.41 Å². The molecule has 1 aliphatic heterocycles. The van der Waals surface area contributed by atoms with Gasteiger partial charge in [0.15, 0.2) is 0 Å². The number of H-pyrrole nitrogens is 2. The molecule has 3 unspecified atom stereocenters. The minimum atomic E-state index is 0.244. The zero-order valence-corrected chi connectivity index (χ0v) is 21.5. The summed E-state index contributed by atoms with van der Waals surface area (Å²) in [6, 6.07) is 9.08. The maximum absolute atomic E-state index is 5.92. The monoisotopic (exact) mass is 461 g/mol. The number of morpholine rings is 1. The van der Waals surface area contributed by atoms with Crippen LogP contribution >= 0.6 is 0 Å². The van der Waals surface area contributed by atoms with Gasteiger partial charge in [-0.05, 0) is 63.6 Å². The van der Waals surface area contributed by atoms with Gasteiger partial charge >= 0.3 is 0 Å². The Morgan fingerprint density at radius 1 is 1.24 bits per heavy atom. The molecule has 0 bridgehead atoms. The van der Waals surface area contributed by atoms with Crippen LogP contribution in [-0.4, -0.2) is 58.5 Å². The predicted octanol–water partition coefficient (Wildman–Crippen LogP) is 5.52. The van der Waals surface area contributed by atoms with Gasteiger partial charge in [-0.25, -0.2) is 0 Å². The van der Waals surface area contributed by atoms with Crippen molar-refractivity contribution in [3.8, 4) is 11.4 Å². The summed E-state index contributed by atoms with van der Waals surface area (Å²) in [6.45, 7) is 17.6. The molecule has 0 radical (unpaired) electrons. The second-order valence-electron chi connectivity index (χ2n) is 11.3. The highest BCUT2D eigenvalue weighted by Crippen LogP contribution is 2.38. The van der Waals surface area contributed by atoms with E-state index in [2.05, 4.69) is 92.4 Å². The molecule has 3 aromatic rings. The Morgan fingerprint density at radius 3 is 2.71 bits per heavy atom. The molecule has 2 aliphatic rings. The van der Waals surface area contributed by atoms with Crippen LogP contribution in [0.15, 0.2) is 36.5 Å². The van der Waals surface area contributed by atoms with E-state index in [4.69, 9.17) is 9.84 Å². The molecular formula is C28H39N5O. The highest BCUT2D eigenvalue weighted by Gasteiger charge is 2.30. The number of aromatic amines is 2. The normalized spacial score (nSPS) is 23.6. The zero-order valence-electron chi connectivity index (χ0n) is 21.5. The molecule has 0 amide bonds. The molecule has 6 heteroatoms. The van der Waals surface area contributed by atoms with Gasteiger partial charge in [0.1, 0.15) is 5.69 Å². The summed E-state index contributed by atoms with van der Waals surface area (Å²) in [4.78, 5) is 8.33. The van der Waals surface area contributed by atoms with E-state index < -0.39 is 0 Å². The number of benzene rings is 1. The molecule has 5 rings (SSSR count). The van der Waals surface area contributed by atoms with Crippen LogP contribution in [0.4, 0.5) is 5.69 Å². The maximum atomic E-state index is 5.92. The third kappa shape index (κ3) is 4.29. The molecule has 1 saturated heterocycles. The smallest absolute Gasteiger partial charge is 0.112 e. The van der Waals surface area contributed by atoms with Crippen LogP contribution in [0.1, 0.15) is 52.3 Å². The van der Waals surface area contributed by atoms with Gasteiger partial charge in [0.2, 0.25) is 0 Å². The van der Waals surface area contributed by atoms with Gasteiger partial charge in [-0.3, -0.25) is 10.00 Å². The molecule has 2 N–H and O–H groups in total. The summed E-state index contributed by atoms with van der Waals surface area (Å²) < 4.78 is 5.92. The number of nitrogens with zero attached hydrogens (tertiary/aromatic N) is 3. The maximum Gasteiger partial charge on any atom is 0.112 e. The lowest BCUT2D eigenvalue weighted by Crippen LogP contribution is -2.51. The number of anilines is 1. The van der Waals surface area contributed by atoms with Crippen molar-refractivity contribution in [2.75, 3.05) is 25.0 Å². The van der Waals surface area contributed by atoms with Crippen LogP contribution in [0.3, 0.4) is 0 Å². The fourth-order valence-electron chi connectivity index (χ4n) is 5.71. The van der Waals surface area contributed by atoms with Gasteiger partial charge in [0.05, 0.1) is 17.9 Å². The molecule has 34 heavy (non-hydrogen) atoms. The van der Waals surface area contributed by atoms with Gasteiger partial charge in [0, 0.05) is 59.7 Å². The van der Waals surface area contributed by atoms with Crippen LogP contribution in [0.5, 0.6) is 0 Å². The van der Waals surface area contributed by atoms with E-state index in [1.165, 1.54) is 23.1 Å². The average molecular weight is 462 g/mol. The van der Waals surface area contributed by atoms with E-state index in [1.807, 2.05) is 0 Å². The van der Waals surface area contributed by atoms with Crippen molar-refractivity contribution in [1.82, 2.24) is 20.1 Å². The number of nitrogens with one attached hydrogen (secondary N) is 2. The quantitative estimate of drug-likeness (QED) is 0.525. The first kappa shape index (κ1) is 23.2. The van der Waals surface area contributed by atoms with Crippen molar-refractivity contribution < 1.29 is 4.74 Å². The molecule has 1 aromatic carbocycles. The first-order valence-corrected chi connectivity index (χ1v) is 12.6. The van der Waals surface area contributed by atoms with Crippen LogP contribution in [-0.2, 0) is 17.6 Å². The van der Waals surface area contributed by atoms with E-state index in [0.717, 1.165) is 54.2 Å². The molecule has 3 atom stereocenters. The van der Waals surface area contributed by atoms with E-state index in [-0.39, 0.29) is 18.2 Å². The second-order valence-corrected chi connectivity index (χ2v) is 11.3. The summed E-state index contributed by atoms with van der Waals surface area (Å²) in [6.07, 6.45) is 3.83. The van der Waals surface area contributed by atoms with Crippen molar-refractivity contribution in [2.45, 2.75) is 72.1 Å². The topological polar surface area (TPSA) is 60.2 Å². The molecule has 1 aliphatic carbocycles. The minimum Gasteiger partial charge on any atom is -0.373 e. The summed E-state index contributed by atoms with van der Waals surface area (Å²) in [7, 11) is 2.11. The van der Waals surface area contributed by atoms with Gasteiger partial charge < -0.3 is 14.6 Å². The Kier molecular flexibility index (Phi) is 5.85. The van der Waals surface area contributed by atoms with Gasteiger partial charge in [-0.2, -0.15) is 5.10 Å². The highest BCUT2D eigenvalue weighted by atomic mass is 16.5. The minimum absolute atomic E-state index is 0.244. The SMILES string of the molecule is C=C(C(C)N1CC(C)OC(C)C1)N(C)c1ccc2cc(-c3n[nH]c4c3CCC(C)(C)C4)[nH]c2c1. The fourth-order valence-corrected chi connectivity index (χ4v) is 5.71. The van der Waals surface area contributed by atoms with Gasteiger partial charge in [-0.1, -0.05) is 26.5 Å². The lowest BCUT2D eigenvalue weighted by Gasteiger charge is -2.41. The summed E-state index contributed by atoms with van der Waals surface area (Å²) in [5.41, 5.74) is 8.53. The lowest BCUT2D eigenvalue weighted by molar-refractivity contribution is -0.0747. The van der Waals surface area contributed by atoms with Gasteiger partial charge in [0.25, 0.3) is 0 Å². The first-order valence-electron chi connectivity index (χ1n) is 12.6. The molecule has 2 aromatic heterocycles. The van der Waals surface area contributed by atoms with Crippen LogP contribution in [0.2, 0.25) is 0 Å². The molecule has 182 valence electrons. The Morgan fingerprint density at radius 2 is 1.97 bits per heavy atom. The first-order chi connectivity index (χ1) is 16.1. The van der Waals surface area contributed by atoms with E-state index >= 15 is 0 Å². The van der Waals surface area contributed by atoms with E-state index in [9.17, 15) is 0 Å². The number of fused-ring (bicyclic) bond motifs is 2. The van der Waals surface area contributed by atoms with Crippen LogP contribution < -0.4 is 4.90 Å². The molecule has 0 spiro atoms. The van der Waals surface area contributed by atoms with Crippen molar-refractivity contribution in [3.63, 3.8) is 0 Å². The lowest BCUT2D eigenvalue weighted by atomic mass is 9.76. The second kappa shape index (κ2) is 8.58. The molecule has 3 heterocycles. The number of hydrogen-bond acceptors (Lipinski definition) is 4. The number of hydrogen-bond donors (Lipinski definition) is 2. The summed E-state index contributed by atoms with van der Waals surface area (Å²) in [5.74, 6) is 0. The highest BCUT2D eigenvalue weighted by molar-refractivity contribution is 5.88. The molecular weight excluding hydrogens is 422 g/mol. The Balaban J connectivity index is 1.37. The fraction of sp³-hybridized carbons (Fsp3) is 0.536. The number of aromatic nitrogens is 3. The third-order valence-corrected chi connectivity index (χ3v) is 7.82. The third-order valence-electron chi connectivity index (χ3n) is 7.82. The summed E-state index contributed by atoms with van der Waals surface area (Å²) >= 11 is 0. The van der Waals surface area contributed by atoms with Crippen molar-refractivity contribution in [3.05, 3.63) is 47.8 Å². The Labute approximate surface area is 203 Å². The number of likely N-dealkylation sites (N-methyl/N-ethyl adjacent to an activating group) is 1. The average Bonchev–Trinajstić information content (AvgIpc) is 3.38. The predicted molar refractivity (Wildman–Crippen MR) is 140 cm³/mol. The van der Waals surface area contributed by atoms with E-state index in [1.54, 1.807) is 0 Å². The van der Waals surface area contributed by atoms with Crippen LogP contribution in [0.25, 0.3) is 22.3 Å². The van der Waals surface area contributed by atoms with Crippen molar-refractivity contribution >= 4 is 16.6 Å². The molecule has 1 fully saturated rings. The molecule has 0 saturated carbocycles. The number of ether oxygens (including phenoxy) is 1. The van der Waals surface area contributed by atoms with Gasteiger partial charge in [-0.15, -0.1) is 0 Å². The zero-order chi connectivity index (χ0) is 24.2. The molecule has 6 nitrogen and oxygen atoms in total. The van der Waals surface area contributed by atoms with Crippen molar-refractivity contribution in [1.29, 1.82) is 0 Å². The Hall–Kier alpha value is -2.57. The summed E-state index contributed by atoms with van der Waals surface area (Å²) in [5, 5.41) is 9.22. The standard InChI is InChI=1S/C28H39N5O/c1-17-15-33(16-18(2)34-17)20(4)19(3)32(7)22-9-8-21-12-25(29-24(21)13-22)27-23-10-11-28(5,6)14-26(23)30-31-27/h8-9,12-13,17-18,20,29H,3,10-11,14-16H2,1-2,4-7H3,(H,30,31). The Bertz CT molecular complexity index is 1190. The van der Waals surface area contributed by atoms with Crippen LogP contribution in [0, 0.1) is 5.41 Å².